The lowest BCUT2D eigenvalue weighted by atomic mass is 10.3. The van der Waals surface area contributed by atoms with Gasteiger partial charge in [0.15, 0.2) is 0 Å². The van der Waals surface area contributed by atoms with E-state index in [1.54, 1.807) is 6.92 Å². The molecule has 0 aliphatic heterocycles. The van der Waals surface area contributed by atoms with Crippen LogP contribution in [0.1, 0.15) is 17.4 Å². The zero-order valence-corrected chi connectivity index (χ0v) is 8.54. The zero-order valence-electron chi connectivity index (χ0n) is 6.95. The van der Waals surface area contributed by atoms with Gasteiger partial charge < -0.3 is 9.84 Å². The molecule has 0 aliphatic rings. The molecule has 1 N–H and O–H groups in total. The van der Waals surface area contributed by atoms with Crippen LogP contribution in [0.15, 0.2) is 16.7 Å². The van der Waals surface area contributed by atoms with Crippen molar-refractivity contribution in [3.8, 4) is 5.75 Å². The van der Waals surface area contributed by atoms with Gasteiger partial charge >= 0.3 is 5.97 Å². The Morgan fingerprint density at radius 2 is 2.38 bits per heavy atom. The van der Waals surface area contributed by atoms with Crippen molar-refractivity contribution in [1.82, 2.24) is 4.98 Å². The summed E-state index contributed by atoms with van der Waals surface area (Å²) in [4.78, 5) is 14.9. The summed E-state index contributed by atoms with van der Waals surface area (Å²) in [5, 5.41) is 9.09. The molecule has 0 radical (unpaired) electrons. The summed E-state index contributed by atoms with van der Waals surface area (Å²) in [5.74, 6) is -0.503. The standard InChI is InChI=1S/C8H8BrNO3/c1-2-13-8(12)5-3-4-6(11)7(9)10-5/h3-4,11H,2H2,1H3. The van der Waals surface area contributed by atoms with Gasteiger partial charge in [0.05, 0.1) is 6.61 Å². The molecule has 0 unspecified atom stereocenters. The van der Waals surface area contributed by atoms with Gasteiger partial charge in [-0.05, 0) is 35.0 Å². The highest BCUT2D eigenvalue weighted by Crippen LogP contribution is 2.20. The highest BCUT2D eigenvalue weighted by Gasteiger charge is 2.09. The smallest absolute Gasteiger partial charge is 0.356 e. The molecular formula is C8H8BrNO3. The molecule has 5 heteroatoms. The number of aromatic hydroxyl groups is 1. The summed E-state index contributed by atoms with van der Waals surface area (Å²) in [6.45, 7) is 2.02. The highest BCUT2D eigenvalue weighted by atomic mass is 79.9. The van der Waals surface area contributed by atoms with Crippen LogP contribution >= 0.6 is 15.9 Å². The molecule has 4 nitrogen and oxygen atoms in total. The number of rotatable bonds is 2. The largest absolute Gasteiger partial charge is 0.505 e. The number of nitrogens with zero attached hydrogens (tertiary/aromatic N) is 1. The Hall–Kier alpha value is -1.10. The van der Waals surface area contributed by atoms with Crippen molar-refractivity contribution < 1.29 is 14.6 Å². The van der Waals surface area contributed by atoms with Crippen LogP contribution in [0.3, 0.4) is 0 Å². The molecule has 1 aromatic heterocycles. The Kier molecular flexibility index (Phi) is 3.25. The molecule has 0 atom stereocenters. The predicted octanol–water partition coefficient (Wildman–Crippen LogP) is 1.73. The lowest BCUT2D eigenvalue weighted by molar-refractivity contribution is 0.0519. The highest BCUT2D eigenvalue weighted by molar-refractivity contribution is 9.10. The van der Waals surface area contributed by atoms with Crippen molar-refractivity contribution in [2.75, 3.05) is 6.61 Å². The van der Waals surface area contributed by atoms with Gasteiger partial charge in [-0.25, -0.2) is 9.78 Å². The average molecular weight is 246 g/mol. The van der Waals surface area contributed by atoms with E-state index < -0.39 is 5.97 Å². The van der Waals surface area contributed by atoms with E-state index in [0.29, 0.717) is 6.61 Å². The second-order valence-corrected chi connectivity index (χ2v) is 2.98. The molecule has 70 valence electrons. The Balaban J connectivity index is 2.90. The van der Waals surface area contributed by atoms with Crippen LogP contribution in [0.4, 0.5) is 0 Å². The number of hydrogen-bond acceptors (Lipinski definition) is 4. The van der Waals surface area contributed by atoms with Crippen LogP contribution in [0.25, 0.3) is 0 Å². The van der Waals surface area contributed by atoms with E-state index in [0.717, 1.165) is 0 Å². The minimum atomic E-state index is -0.497. The first-order valence-electron chi connectivity index (χ1n) is 3.67. The number of aromatic nitrogens is 1. The topological polar surface area (TPSA) is 59.4 Å². The van der Waals surface area contributed by atoms with Crippen molar-refractivity contribution in [2.24, 2.45) is 0 Å². The first-order valence-corrected chi connectivity index (χ1v) is 4.47. The maximum Gasteiger partial charge on any atom is 0.356 e. The van der Waals surface area contributed by atoms with Crippen LogP contribution in [0.5, 0.6) is 5.75 Å². The zero-order chi connectivity index (χ0) is 9.84. The average Bonchev–Trinajstić information content (AvgIpc) is 2.10. The van der Waals surface area contributed by atoms with Gasteiger partial charge in [0, 0.05) is 0 Å². The fraction of sp³-hybridized carbons (Fsp3) is 0.250. The van der Waals surface area contributed by atoms with Gasteiger partial charge in [-0.15, -0.1) is 0 Å². The number of pyridine rings is 1. The van der Waals surface area contributed by atoms with E-state index in [-0.39, 0.29) is 16.0 Å². The third-order valence-electron chi connectivity index (χ3n) is 1.31. The maximum absolute atomic E-state index is 11.1. The summed E-state index contributed by atoms with van der Waals surface area (Å²) in [7, 11) is 0. The van der Waals surface area contributed by atoms with Gasteiger partial charge in [0.1, 0.15) is 16.0 Å². The quantitative estimate of drug-likeness (QED) is 0.637. The molecule has 0 fully saturated rings. The Morgan fingerprint density at radius 1 is 1.69 bits per heavy atom. The van der Waals surface area contributed by atoms with Crippen molar-refractivity contribution >= 4 is 21.9 Å². The van der Waals surface area contributed by atoms with Crippen LogP contribution in [-0.2, 0) is 4.74 Å². The third-order valence-corrected chi connectivity index (χ3v) is 1.90. The number of hydrogen-bond donors (Lipinski definition) is 1. The van der Waals surface area contributed by atoms with Crippen molar-refractivity contribution in [3.63, 3.8) is 0 Å². The SMILES string of the molecule is CCOC(=O)c1ccc(O)c(Br)n1. The third kappa shape index (κ3) is 2.42. The van der Waals surface area contributed by atoms with E-state index in [1.165, 1.54) is 12.1 Å². The lowest BCUT2D eigenvalue weighted by Gasteiger charge is -2.01. The molecule has 13 heavy (non-hydrogen) atoms. The number of halogens is 1. The van der Waals surface area contributed by atoms with E-state index >= 15 is 0 Å². The summed E-state index contributed by atoms with van der Waals surface area (Å²) < 4.78 is 4.95. The summed E-state index contributed by atoms with van der Waals surface area (Å²) >= 11 is 3.00. The fourth-order valence-corrected chi connectivity index (χ4v) is 1.07. The molecule has 0 saturated heterocycles. The Morgan fingerprint density at radius 3 is 2.92 bits per heavy atom. The van der Waals surface area contributed by atoms with E-state index in [1.807, 2.05) is 0 Å². The molecule has 1 rings (SSSR count). The second kappa shape index (κ2) is 4.23. The van der Waals surface area contributed by atoms with Gasteiger partial charge in [0.25, 0.3) is 0 Å². The molecule has 0 aliphatic carbocycles. The van der Waals surface area contributed by atoms with Gasteiger partial charge in [0.2, 0.25) is 0 Å². The van der Waals surface area contributed by atoms with Crippen LogP contribution in [0.2, 0.25) is 0 Å². The maximum atomic E-state index is 11.1. The first kappa shape index (κ1) is 9.98. The first-order chi connectivity index (χ1) is 6.15. The van der Waals surface area contributed by atoms with Crippen LogP contribution < -0.4 is 0 Å². The molecule has 0 bridgehead atoms. The van der Waals surface area contributed by atoms with Crippen molar-refractivity contribution in [2.45, 2.75) is 6.92 Å². The summed E-state index contributed by atoms with van der Waals surface area (Å²) in [6, 6.07) is 2.78. The normalized spacial score (nSPS) is 9.69. The summed E-state index contributed by atoms with van der Waals surface area (Å²) in [6.07, 6.45) is 0. The fourth-order valence-electron chi connectivity index (χ4n) is 0.746. The van der Waals surface area contributed by atoms with Crippen molar-refractivity contribution in [1.29, 1.82) is 0 Å². The lowest BCUT2D eigenvalue weighted by Crippen LogP contribution is -2.06. The Bertz CT molecular complexity index is 327. The predicted molar refractivity (Wildman–Crippen MR) is 49.6 cm³/mol. The molecule has 0 amide bonds. The number of esters is 1. The molecular weight excluding hydrogens is 238 g/mol. The molecule has 0 saturated carbocycles. The van der Waals surface area contributed by atoms with E-state index in [2.05, 4.69) is 20.9 Å². The van der Waals surface area contributed by atoms with Crippen molar-refractivity contribution in [3.05, 3.63) is 22.4 Å². The molecule has 0 spiro atoms. The van der Waals surface area contributed by atoms with Gasteiger partial charge in [-0.2, -0.15) is 0 Å². The molecule has 0 aromatic carbocycles. The van der Waals surface area contributed by atoms with E-state index in [4.69, 9.17) is 9.84 Å². The summed E-state index contributed by atoms with van der Waals surface area (Å²) in [5.41, 5.74) is 0.173. The molecule has 1 aromatic rings. The monoisotopic (exact) mass is 245 g/mol. The second-order valence-electron chi connectivity index (χ2n) is 2.23. The minimum Gasteiger partial charge on any atom is -0.505 e. The molecule has 1 heterocycles. The Labute approximate surface area is 83.7 Å². The van der Waals surface area contributed by atoms with Crippen LogP contribution in [-0.4, -0.2) is 22.7 Å². The number of ether oxygens (including phenoxy) is 1. The number of carbonyl (C=O) groups excluding carboxylic acids is 1. The van der Waals surface area contributed by atoms with Gasteiger partial charge in [-0.3, -0.25) is 0 Å². The number of carbonyl (C=O) groups is 1. The van der Waals surface area contributed by atoms with Crippen LogP contribution in [0, 0.1) is 0 Å². The van der Waals surface area contributed by atoms with Gasteiger partial charge in [-0.1, -0.05) is 0 Å². The minimum absolute atomic E-state index is 0.00644. The van der Waals surface area contributed by atoms with E-state index in [9.17, 15) is 4.79 Å².